The molecule has 5 nitrogen and oxygen atoms in total. The zero-order chi connectivity index (χ0) is 75.8. The predicted octanol–water partition coefficient (Wildman–Crippen LogP) is 13.1. The van der Waals surface area contributed by atoms with Crippen LogP contribution in [0, 0.1) is 0 Å². The highest BCUT2D eigenvalue weighted by Crippen LogP contribution is 2.38. The van der Waals surface area contributed by atoms with Crippen molar-refractivity contribution in [1.82, 2.24) is 24.1 Å². The molecule has 0 unspecified atom stereocenters. The van der Waals surface area contributed by atoms with Gasteiger partial charge in [0.1, 0.15) is 0 Å². The highest BCUT2D eigenvalue weighted by Gasteiger charge is 2.42. The zero-order valence-corrected chi connectivity index (χ0v) is 37.0. The number of nitrogens with zero attached hydrogens (tertiary/aromatic N) is 5. The minimum Gasteiger partial charge on any atom is -0.309 e. The molecule has 0 aliphatic rings. The SMILES string of the molecule is [2H]c1c([2H])c([2H])c([Si](c2ccc3c(c2)sc2ccccc23)(c2c([2H])c([2H])c([2H])c([2H])c2[2H])c2c([2H])c([2H])c([2H])c(-c3nc(-c4c([2H])c([2H])c([2H])c([2H])c4-n4c5c([2H])c([2H])c([2H])c([2H])c5c5c([2H])c([2H])c([2H])c([2H])c54)nc(-n4c5c([2H])c([2H])c([2H])c([2H])c5c5c([2H])c([2H])c([2H])c([2H])c54)n3)c2[2H])c([2H])c1[2H]. The van der Waals surface area contributed by atoms with Gasteiger partial charge in [-0.1, -0.05) is 200 Å². The molecule has 4 aromatic heterocycles. The highest BCUT2D eigenvalue weighted by molar-refractivity contribution is 7.26. The molecule has 4 heterocycles. The van der Waals surface area contributed by atoms with Crippen LogP contribution in [0.5, 0.6) is 0 Å². The van der Waals surface area contributed by atoms with E-state index in [1.165, 1.54) is 18.2 Å². The van der Waals surface area contributed by atoms with Gasteiger partial charge in [0, 0.05) is 52.8 Å². The lowest BCUT2D eigenvalue weighted by Gasteiger charge is -2.34. The summed E-state index contributed by atoms with van der Waals surface area (Å²) in [4.78, 5) is 14.1. The van der Waals surface area contributed by atoms with Crippen LogP contribution in [0.4, 0.5) is 0 Å². The van der Waals surface area contributed by atoms with Crippen LogP contribution >= 0.6 is 11.3 Å². The number of hydrogen-bond donors (Lipinski definition) is 0. The Kier molecular flexibility index (Phi) is 4.39. The monoisotopic (exact) mass is 961 g/mol. The van der Waals surface area contributed by atoms with Gasteiger partial charge in [-0.3, -0.25) is 4.57 Å². The number of thiophene rings is 1. The fourth-order valence-electron chi connectivity index (χ4n) is 8.87. The summed E-state index contributed by atoms with van der Waals surface area (Å²) < 4.78 is 321. The summed E-state index contributed by atoms with van der Waals surface area (Å²) in [6.07, 6.45) is 0. The summed E-state index contributed by atoms with van der Waals surface area (Å²) >= 11 is 1.16. The van der Waals surface area contributed by atoms with Gasteiger partial charge in [0.15, 0.2) is 19.7 Å². The standard InChI is InChI=1S/C63H41N5SSi/c1-3-21-43(22-4-1)70(44-23-5-2-6-24-44,46-38-39-52-51-30-12-18-37-59(51)69-60(52)41-46)45-25-19-20-42(40-45)61-64-62(66-63(65-61)68-56-34-15-9-28-49(56)50-29-10-16-35-57(50)68)53-31-11-17-36-58(53)67-54-32-13-7-26-47(54)48-27-8-14-33-55(48)67/h1-41H/i1D,2D,3D,4D,5D,6D,7D,8D,9D,10D,11D,13D,14D,15D,16D,17D,19D,20D,21D,22D,23D,24D,25D,26D,27D,28D,29D,31D,32D,33D,34D,35D,36D,40D. The van der Waals surface area contributed by atoms with Crippen molar-refractivity contribution in [2.75, 3.05) is 0 Å². The molecule has 14 aromatic rings. The molecule has 70 heavy (non-hydrogen) atoms. The topological polar surface area (TPSA) is 48.5 Å². The minimum atomic E-state index is -6.00. The van der Waals surface area contributed by atoms with E-state index in [0.717, 1.165) is 11.3 Å². The molecule has 0 aliphatic heterocycles. The molecular formula is C63H41N5SSi. The first-order valence-electron chi connectivity index (χ1n) is 37.9. The molecule has 7 heteroatoms. The third kappa shape index (κ3) is 6.19. The second-order valence-corrected chi connectivity index (χ2v) is 20.0. The molecule has 0 bridgehead atoms. The zero-order valence-electron chi connectivity index (χ0n) is 69.2. The van der Waals surface area contributed by atoms with Crippen molar-refractivity contribution in [3.8, 4) is 34.4 Å². The molecule has 0 saturated carbocycles. The predicted molar refractivity (Wildman–Crippen MR) is 296 cm³/mol. The van der Waals surface area contributed by atoms with E-state index in [-0.39, 0.29) is 5.19 Å². The van der Waals surface area contributed by atoms with E-state index in [1.807, 2.05) is 0 Å². The maximum absolute atomic E-state index is 10.9. The normalized spacial score (nSPS) is 18.8. The molecule has 0 atom stereocenters. The van der Waals surface area contributed by atoms with Crippen LogP contribution in [-0.4, -0.2) is 32.2 Å². The van der Waals surface area contributed by atoms with Gasteiger partial charge >= 0.3 is 0 Å². The van der Waals surface area contributed by atoms with Crippen LogP contribution < -0.4 is 20.7 Å². The lowest BCUT2D eigenvalue weighted by Crippen LogP contribution is -2.74. The number of para-hydroxylation sites is 5. The lowest BCUT2D eigenvalue weighted by atomic mass is 10.1. The Morgan fingerprint density at radius 1 is 0.386 bits per heavy atom. The highest BCUT2D eigenvalue weighted by atomic mass is 32.1. The number of hydrogen-bond acceptors (Lipinski definition) is 4. The van der Waals surface area contributed by atoms with E-state index in [1.54, 1.807) is 24.3 Å². The first kappa shape index (κ1) is 19.0. The van der Waals surface area contributed by atoms with Crippen molar-refractivity contribution in [3.63, 3.8) is 0 Å². The number of benzene rings is 10. The quantitative estimate of drug-likeness (QED) is 0.113. The van der Waals surface area contributed by atoms with Gasteiger partial charge in [0.05, 0.1) is 74.4 Å². The van der Waals surface area contributed by atoms with Crippen molar-refractivity contribution in [2.24, 2.45) is 0 Å². The first-order valence-corrected chi connectivity index (χ1v) is 23.7. The largest absolute Gasteiger partial charge is 0.309 e. The van der Waals surface area contributed by atoms with Crippen LogP contribution in [0.3, 0.4) is 0 Å². The Balaban J connectivity index is 1.26. The second kappa shape index (κ2) is 16.2. The van der Waals surface area contributed by atoms with Gasteiger partial charge in [0.25, 0.3) is 0 Å². The van der Waals surface area contributed by atoms with Crippen LogP contribution in [0.2, 0.25) is 0 Å². The third-order valence-electron chi connectivity index (χ3n) is 11.8. The first-order chi connectivity index (χ1) is 48.8. The average Bonchev–Trinajstić information content (AvgIpc) is 1.58. The van der Waals surface area contributed by atoms with Crippen LogP contribution in [0.15, 0.2) is 248 Å². The van der Waals surface area contributed by atoms with E-state index < -0.39 is 307 Å². The minimum absolute atomic E-state index is 0.253. The van der Waals surface area contributed by atoms with Crippen molar-refractivity contribution in [2.45, 2.75) is 0 Å². The molecule has 0 amide bonds. The van der Waals surface area contributed by atoms with Gasteiger partial charge in [-0.15, -0.1) is 11.3 Å². The Bertz CT molecular complexity index is 6110. The van der Waals surface area contributed by atoms with Crippen molar-refractivity contribution >= 4 is 104 Å². The van der Waals surface area contributed by atoms with Gasteiger partial charge in [0.2, 0.25) is 5.95 Å². The van der Waals surface area contributed by atoms with Gasteiger partial charge in [-0.2, -0.15) is 9.97 Å². The Hall–Kier alpha value is -8.75. The second-order valence-electron chi connectivity index (χ2n) is 15.4. The van der Waals surface area contributed by atoms with Crippen LogP contribution in [0.1, 0.15) is 46.6 Å². The van der Waals surface area contributed by atoms with Crippen LogP contribution in [-0.2, 0) is 0 Å². The summed E-state index contributed by atoms with van der Waals surface area (Å²) in [6.45, 7) is 0. The molecule has 14 rings (SSSR count). The molecule has 0 fully saturated rings. The van der Waals surface area contributed by atoms with Crippen molar-refractivity contribution in [3.05, 3.63) is 248 Å². The lowest BCUT2D eigenvalue weighted by molar-refractivity contribution is 0.952. The fraction of sp³-hybridized carbons (Fsp3) is 0. The molecule has 10 aromatic carbocycles. The number of aromatic nitrogens is 5. The molecule has 0 N–H and O–H groups in total. The van der Waals surface area contributed by atoms with E-state index in [0.29, 0.717) is 29.3 Å². The maximum atomic E-state index is 10.9. The number of rotatable bonds is 8. The van der Waals surface area contributed by atoms with E-state index in [9.17, 15) is 32.9 Å². The maximum Gasteiger partial charge on any atom is 0.238 e. The van der Waals surface area contributed by atoms with Gasteiger partial charge in [-0.05, 0) is 69.1 Å². The summed E-state index contributed by atoms with van der Waals surface area (Å²) in [6, 6.07) is -24.1. The van der Waals surface area contributed by atoms with Crippen molar-refractivity contribution in [1.29, 1.82) is 0 Å². The fourth-order valence-corrected chi connectivity index (χ4v) is 14.0. The van der Waals surface area contributed by atoms with Gasteiger partial charge in [-0.25, -0.2) is 4.98 Å². The Labute approximate surface area is 456 Å². The van der Waals surface area contributed by atoms with Crippen molar-refractivity contribution < 1.29 is 46.6 Å². The summed E-state index contributed by atoms with van der Waals surface area (Å²) in [5.74, 6) is -3.40. The Morgan fingerprint density at radius 2 is 0.900 bits per heavy atom. The molecular weight excluding hydrogens is 887 g/mol. The molecule has 328 valence electrons. The smallest absolute Gasteiger partial charge is 0.238 e. The summed E-state index contributed by atoms with van der Waals surface area (Å²) in [7, 11) is -6.00. The molecule has 0 saturated heterocycles. The van der Waals surface area contributed by atoms with Gasteiger partial charge < -0.3 is 4.57 Å². The third-order valence-corrected chi connectivity index (χ3v) is 17.1. The summed E-state index contributed by atoms with van der Waals surface area (Å²) in [5, 5.41) is -4.16. The van der Waals surface area contributed by atoms with E-state index in [4.69, 9.17) is 23.7 Å². The average molecular weight is 962 g/mol. The van der Waals surface area contributed by atoms with Crippen LogP contribution in [0.25, 0.3) is 98.2 Å². The molecule has 0 aliphatic carbocycles. The number of fused-ring (bicyclic) bond motifs is 9. The molecule has 0 spiro atoms. The van der Waals surface area contributed by atoms with E-state index >= 15 is 0 Å². The van der Waals surface area contributed by atoms with E-state index in [2.05, 4.69) is 4.98 Å². The molecule has 0 radical (unpaired) electrons. The Morgan fingerprint density at radius 3 is 1.54 bits per heavy atom. The summed E-state index contributed by atoms with van der Waals surface area (Å²) in [5.41, 5.74) is -6.05.